The van der Waals surface area contributed by atoms with E-state index in [-0.39, 0.29) is 12.7 Å². The van der Waals surface area contributed by atoms with Crippen LogP contribution in [0.2, 0.25) is 0 Å². The Balaban J connectivity index is 1.90. The van der Waals surface area contributed by atoms with Gasteiger partial charge in [-0.3, -0.25) is 0 Å². The zero-order chi connectivity index (χ0) is 14.0. The van der Waals surface area contributed by atoms with Crippen LogP contribution in [-0.2, 0) is 4.74 Å². The van der Waals surface area contributed by atoms with Crippen molar-refractivity contribution in [2.45, 2.75) is 64.5 Å². The lowest BCUT2D eigenvalue weighted by molar-refractivity contribution is -0.0221. The summed E-state index contributed by atoms with van der Waals surface area (Å²) in [5, 5.41) is 9.01. The topological polar surface area (TPSA) is 49.8 Å². The Morgan fingerprint density at radius 1 is 1.37 bits per heavy atom. The lowest BCUT2D eigenvalue weighted by Crippen LogP contribution is -2.56. The minimum absolute atomic E-state index is 0.168. The molecule has 2 rings (SSSR count). The lowest BCUT2D eigenvalue weighted by atomic mass is 9.83. The molecule has 0 spiro atoms. The summed E-state index contributed by atoms with van der Waals surface area (Å²) in [6.45, 7) is 6.79. The van der Waals surface area contributed by atoms with Gasteiger partial charge in [0, 0.05) is 19.2 Å². The molecule has 0 radical (unpaired) electrons. The Labute approximate surface area is 116 Å². The van der Waals surface area contributed by atoms with Crippen LogP contribution in [0, 0.1) is 11.8 Å². The second kappa shape index (κ2) is 5.70. The minimum Gasteiger partial charge on any atom is -0.444 e. The molecule has 4 nitrogen and oxygen atoms in total. The second-order valence-corrected chi connectivity index (χ2v) is 6.90. The molecule has 0 aromatic carbocycles. The highest BCUT2D eigenvalue weighted by molar-refractivity contribution is 5.69. The highest BCUT2D eigenvalue weighted by Crippen LogP contribution is 2.45. The Hall–Kier alpha value is -0.770. The van der Waals surface area contributed by atoms with Crippen molar-refractivity contribution in [2.75, 3.05) is 13.2 Å². The predicted molar refractivity (Wildman–Crippen MR) is 73.9 cm³/mol. The molecule has 2 aliphatic rings. The molecule has 110 valence electrons. The summed E-state index contributed by atoms with van der Waals surface area (Å²) in [7, 11) is 0. The SMILES string of the molecule is CC(C)(C)OC(=O)N1CCC1C(CCCO)C1CC1. The molecule has 0 bridgehead atoms. The van der Waals surface area contributed by atoms with E-state index in [2.05, 4.69) is 0 Å². The molecule has 1 saturated carbocycles. The number of ether oxygens (including phenoxy) is 1. The number of nitrogens with zero attached hydrogens (tertiary/aromatic N) is 1. The Kier molecular flexibility index (Phi) is 4.39. The quantitative estimate of drug-likeness (QED) is 0.835. The third-order valence-electron chi connectivity index (χ3n) is 4.11. The van der Waals surface area contributed by atoms with E-state index in [1.165, 1.54) is 12.8 Å². The van der Waals surface area contributed by atoms with Crippen LogP contribution in [0.4, 0.5) is 4.79 Å². The first kappa shape index (κ1) is 14.6. The van der Waals surface area contributed by atoms with Crippen molar-refractivity contribution in [1.82, 2.24) is 4.90 Å². The van der Waals surface area contributed by atoms with Crippen LogP contribution in [0.5, 0.6) is 0 Å². The first-order chi connectivity index (χ1) is 8.92. The van der Waals surface area contributed by atoms with Crippen LogP contribution in [0.25, 0.3) is 0 Å². The lowest BCUT2D eigenvalue weighted by Gasteiger charge is -2.45. The number of amides is 1. The van der Waals surface area contributed by atoms with Gasteiger partial charge in [0.1, 0.15) is 5.60 Å². The third-order valence-corrected chi connectivity index (χ3v) is 4.11. The molecule has 1 heterocycles. The van der Waals surface area contributed by atoms with E-state index in [9.17, 15) is 4.79 Å². The van der Waals surface area contributed by atoms with E-state index in [0.717, 1.165) is 31.7 Å². The van der Waals surface area contributed by atoms with Crippen LogP contribution >= 0.6 is 0 Å². The fourth-order valence-corrected chi connectivity index (χ4v) is 2.99. The van der Waals surface area contributed by atoms with Gasteiger partial charge in [-0.2, -0.15) is 0 Å². The summed E-state index contributed by atoms with van der Waals surface area (Å²) in [5.41, 5.74) is -0.419. The van der Waals surface area contributed by atoms with E-state index in [4.69, 9.17) is 9.84 Å². The molecular weight excluding hydrogens is 242 g/mol. The number of likely N-dealkylation sites (tertiary alicyclic amines) is 1. The summed E-state index contributed by atoms with van der Waals surface area (Å²) in [6, 6.07) is 0.342. The molecule has 1 aliphatic carbocycles. The summed E-state index contributed by atoms with van der Waals surface area (Å²) in [5.74, 6) is 1.33. The van der Waals surface area contributed by atoms with Gasteiger partial charge in [0.2, 0.25) is 0 Å². The molecule has 1 saturated heterocycles. The smallest absolute Gasteiger partial charge is 0.410 e. The van der Waals surface area contributed by atoms with Crippen molar-refractivity contribution < 1.29 is 14.6 Å². The van der Waals surface area contributed by atoms with E-state index in [0.29, 0.717) is 12.0 Å². The van der Waals surface area contributed by atoms with Crippen molar-refractivity contribution in [3.63, 3.8) is 0 Å². The van der Waals surface area contributed by atoms with Crippen LogP contribution in [0.1, 0.15) is 52.9 Å². The van der Waals surface area contributed by atoms with Gasteiger partial charge in [0.15, 0.2) is 0 Å². The zero-order valence-corrected chi connectivity index (χ0v) is 12.4. The van der Waals surface area contributed by atoms with Gasteiger partial charge >= 0.3 is 6.09 Å². The second-order valence-electron chi connectivity index (χ2n) is 6.90. The van der Waals surface area contributed by atoms with Gasteiger partial charge in [0.05, 0.1) is 0 Å². The van der Waals surface area contributed by atoms with E-state index in [1.807, 2.05) is 25.7 Å². The van der Waals surface area contributed by atoms with Crippen LogP contribution < -0.4 is 0 Å². The Morgan fingerprint density at radius 3 is 2.47 bits per heavy atom. The van der Waals surface area contributed by atoms with E-state index in [1.54, 1.807) is 0 Å². The Morgan fingerprint density at radius 2 is 2.05 bits per heavy atom. The van der Waals surface area contributed by atoms with Gasteiger partial charge in [-0.15, -0.1) is 0 Å². The highest BCUT2D eigenvalue weighted by Gasteiger charge is 2.45. The summed E-state index contributed by atoms with van der Waals surface area (Å²) in [6.07, 6.45) is 5.37. The average Bonchev–Trinajstić information content (AvgIpc) is 3.02. The van der Waals surface area contributed by atoms with E-state index >= 15 is 0 Å². The number of carbonyl (C=O) groups is 1. The van der Waals surface area contributed by atoms with Gasteiger partial charge in [-0.1, -0.05) is 0 Å². The maximum atomic E-state index is 12.1. The number of aliphatic hydroxyl groups is 1. The molecule has 1 aliphatic heterocycles. The average molecular weight is 269 g/mol. The predicted octanol–water partition coefficient (Wildman–Crippen LogP) is 2.79. The maximum absolute atomic E-state index is 12.1. The number of hydrogen-bond acceptors (Lipinski definition) is 3. The molecule has 2 fully saturated rings. The standard InChI is InChI=1S/C15H27NO3/c1-15(2,3)19-14(18)16-9-8-13(16)12(5-4-10-17)11-6-7-11/h11-13,17H,4-10H2,1-3H3. The number of carbonyl (C=O) groups excluding carboxylic acids is 1. The number of aliphatic hydroxyl groups excluding tert-OH is 1. The van der Waals surface area contributed by atoms with Crippen molar-refractivity contribution >= 4 is 6.09 Å². The van der Waals surface area contributed by atoms with Crippen LogP contribution in [0.15, 0.2) is 0 Å². The zero-order valence-electron chi connectivity index (χ0n) is 12.4. The first-order valence-electron chi connectivity index (χ1n) is 7.53. The van der Waals surface area contributed by atoms with Crippen molar-refractivity contribution in [1.29, 1.82) is 0 Å². The van der Waals surface area contributed by atoms with Crippen LogP contribution in [-0.4, -0.2) is 40.9 Å². The van der Waals surface area contributed by atoms with Gasteiger partial charge < -0.3 is 14.7 Å². The largest absolute Gasteiger partial charge is 0.444 e. The minimum atomic E-state index is -0.419. The molecule has 1 N–H and O–H groups in total. The van der Waals surface area contributed by atoms with Gasteiger partial charge in [-0.05, 0) is 64.7 Å². The monoisotopic (exact) mass is 269 g/mol. The van der Waals surface area contributed by atoms with Gasteiger partial charge in [0.25, 0.3) is 0 Å². The summed E-state index contributed by atoms with van der Waals surface area (Å²) >= 11 is 0. The molecule has 2 unspecified atom stereocenters. The molecule has 2 atom stereocenters. The summed E-state index contributed by atoms with van der Waals surface area (Å²) in [4.78, 5) is 14.0. The third kappa shape index (κ3) is 3.85. The molecule has 1 amide bonds. The molecule has 19 heavy (non-hydrogen) atoms. The molecule has 4 heteroatoms. The van der Waals surface area contributed by atoms with Crippen molar-refractivity contribution in [2.24, 2.45) is 11.8 Å². The van der Waals surface area contributed by atoms with Crippen molar-refractivity contribution in [3.8, 4) is 0 Å². The number of rotatable bonds is 5. The first-order valence-corrected chi connectivity index (χ1v) is 7.53. The fraction of sp³-hybridized carbons (Fsp3) is 0.933. The molecule has 0 aromatic rings. The maximum Gasteiger partial charge on any atom is 0.410 e. The Bertz CT molecular complexity index is 320. The van der Waals surface area contributed by atoms with Gasteiger partial charge in [-0.25, -0.2) is 4.79 Å². The fourth-order valence-electron chi connectivity index (χ4n) is 2.99. The number of hydrogen-bond donors (Lipinski definition) is 1. The van der Waals surface area contributed by atoms with Crippen LogP contribution in [0.3, 0.4) is 0 Å². The van der Waals surface area contributed by atoms with E-state index < -0.39 is 5.60 Å². The highest BCUT2D eigenvalue weighted by atomic mass is 16.6. The summed E-state index contributed by atoms with van der Waals surface area (Å²) < 4.78 is 5.46. The normalized spacial score (nSPS) is 24.8. The molecule has 0 aromatic heterocycles. The van der Waals surface area contributed by atoms with Crippen molar-refractivity contribution in [3.05, 3.63) is 0 Å². The molecular formula is C15H27NO3.